The average molecular weight is 576 g/mol. The summed E-state index contributed by atoms with van der Waals surface area (Å²) < 4.78 is 26.5. The Kier molecular flexibility index (Phi) is 8.01. The van der Waals surface area contributed by atoms with Crippen molar-refractivity contribution >= 4 is 60.1 Å². The molecule has 38 heavy (non-hydrogen) atoms. The van der Waals surface area contributed by atoms with E-state index in [1.807, 2.05) is 6.07 Å². The van der Waals surface area contributed by atoms with Crippen LogP contribution in [0.1, 0.15) is 41.1 Å². The fourth-order valence-electron chi connectivity index (χ4n) is 4.51. The zero-order chi connectivity index (χ0) is 26.9. The Balaban J connectivity index is 1.19. The zero-order valence-electron chi connectivity index (χ0n) is 21.1. The van der Waals surface area contributed by atoms with Crippen LogP contribution in [0.4, 0.5) is 9.93 Å². The molecule has 1 aliphatic carbocycles. The van der Waals surface area contributed by atoms with Crippen LogP contribution in [0, 0.1) is 0 Å². The number of fused-ring (bicyclic) bond motifs is 1. The molecule has 9 nitrogen and oxygen atoms in total. The molecule has 0 unspecified atom stereocenters. The van der Waals surface area contributed by atoms with Crippen molar-refractivity contribution in [1.29, 1.82) is 0 Å². The molecule has 2 aromatic carbocycles. The van der Waals surface area contributed by atoms with Crippen LogP contribution in [0.15, 0.2) is 41.3 Å². The lowest BCUT2D eigenvalue weighted by Gasteiger charge is -2.32. The van der Waals surface area contributed by atoms with Crippen LogP contribution in [0.2, 0.25) is 5.02 Å². The van der Waals surface area contributed by atoms with Gasteiger partial charge in [0.15, 0.2) is 15.0 Å². The van der Waals surface area contributed by atoms with Gasteiger partial charge in [0.05, 0.1) is 31.5 Å². The molecule has 1 aromatic heterocycles. The van der Waals surface area contributed by atoms with Crippen LogP contribution in [0.3, 0.4) is 0 Å². The van der Waals surface area contributed by atoms with E-state index in [1.54, 1.807) is 30.3 Å². The predicted octanol–water partition coefficient (Wildman–Crippen LogP) is 4.20. The van der Waals surface area contributed by atoms with E-state index in [4.69, 9.17) is 11.6 Å². The summed E-state index contributed by atoms with van der Waals surface area (Å²) in [7, 11) is -1.36. The highest BCUT2D eigenvalue weighted by molar-refractivity contribution is 7.91. The molecule has 0 bridgehead atoms. The highest BCUT2D eigenvalue weighted by atomic mass is 35.5. The molecule has 1 saturated carbocycles. The second-order valence-corrected chi connectivity index (χ2v) is 13.4. The Morgan fingerprint density at radius 3 is 2.61 bits per heavy atom. The number of sulfone groups is 1. The number of rotatable bonds is 8. The number of halogens is 1. The van der Waals surface area contributed by atoms with Gasteiger partial charge < -0.3 is 9.80 Å². The van der Waals surface area contributed by atoms with Crippen LogP contribution in [-0.4, -0.2) is 80.7 Å². The Labute approximate surface area is 231 Å². The van der Waals surface area contributed by atoms with Gasteiger partial charge in [0.25, 0.3) is 5.91 Å². The number of benzene rings is 2. The molecule has 2 aliphatic rings. The first-order chi connectivity index (χ1) is 18.2. The maximum atomic E-state index is 12.9. The fraction of sp³-hybridized carbons (Fsp3) is 0.423. The number of urea groups is 1. The summed E-state index contributed by atoms with van der Waals surface area (Å²) >= 11 is 7.33. The van der Waals surface area contributed by atoms with E-state index < -0.39 is 21.8 Å². The number of imide groups is 1. The maximum Gasteiger partial charge on any atom is 0.327 e. The molecular formula is C26H30ClN5O4S2. The van der Waals surface area contributed by atoms with Gasteiger partial charge in [0.2, 0.25) is 0 Å². The molecule has 202 valence electrons. The highest BCUT2D eigenvalue weighted by Crippen LogP contribution is 2.41. The van der Waals surface area contributed by atoms with Crippen molar-refractivity contribution in [2.45, 2.75) is 30.1 Å². The van der Waals surface area contributed by atoms with Gasteiger partial charge in [0.1, 0.15) is 0 Å². The molecular weight excluding hydrogens is 546 g/mol. The van der Waals surface area contributed by atoms with Gasteiger partial charge in [-0.2, -0.15) is 0 Å². The topological polar surface area (TPSA) is 112 Å². The van der Waals surface area contributed by atoms with E-state index in [1.165, 1.54) is 0 Å². The molecule has 0 atom stereocenters. The van der Waals surface area contributed by atoms with E-state index in [2.05, 4.69) is 32.5 Å². The van der Waals surface area contributed by atoms with E-state index in [-0.39, 0.29) is 26.4 Å². The lowest BCUT2D eigenvalue weighted by atomic mass is 10.1. The summed E-state index contributed by atoms with van der Waals surface area (Å²) in [4.78, 5) is 34.3. The van der Waals surface area contributed by atoms with Gasteiger partial charge in [-0.25, -0.2) is 18.2 Å². The SMILES string of the molecule is CN1CCN(CCCS(=O)(=O)c2ccc3nc(NC(=O)NC(=O)c4cc(C5CC5)ccc4Cl)sc3c2)CC1. The summed E-state index contributed by atoms with van der Waals surface area (Å²) in [5, 5.41) is 5.40. The molecule has 1 saturated heterocycles. The number of piperazine rings is 1. The second-order valence-electron chi connectivity index (χ2n) is 9.89. The van der Waals surface area contributed by atoms with E-state index in [0.29, 0.717) is 22.6 Å². The molecule has 2 heterocycles. The Bertz CT molecular complexity index is 1460. The zero-order valence-corrected chi connectivity index (χ0v) is 23.5. The number of nitrogens with one attached hydrogen (secondary N) is 2. The van der Waals surface area contributed by atoms with Gasteiger partial charge in [-0.15, -0.1) is 0 Å². The van der Waals surface area contributed by atoms with Gasteiger partial charge in [-0.1, -0.05) is 29.0 Å². The van der Waals surface area contributed by atoms with Crippen LogP contribution >= 0.6 is 22.9 Å². The third kappa shape index (κ3) is 6.52. The summed E-state index contributed by atoms with van der Waals surface area (Å²) in [5.74, 6) is -0.0776. The smallest absolute Gasteiger partial charge is 0.304 e. The number of anilines is 1. The molecule has 2 N–H and O–H groups in total. The minimum Gasteiger partial charge on any atom is -0.304 e. The normalized spacial score (nSPS) is 17.0. The van der Waals surface area contributed by atoms with Crippen molar-refractivity contribution < 1.29 is 18.0 Å². The number of carbonyl (C=O) groups excluding carboxylic acids is 2. The summed E-state index contributed by atoms with van der Waals surface area (Å²) in [6, 6.07) is 9.35. The summed E-state index contributed by atoms with van der Waals surface area (Å²) in [6.45, 7) is 4.67. The van der Waals surface area contributed by atoms with Crippen molar-refractivity contribution in [3.05, 3.63) is 52.5 Å². The summed E-state index contributed by atoms with van der Waals surface area (Å²) in [5.41, 5.74) is 1.85. The average Bonchev–Trinajstić information content (AvgIpc) is 3.64. The first kappa shape index (κ1) is 27.0. The lowest BCUT2D eigenvalue weighted by Crippen LogP contribution is -2.44. The van der Waals surface area contributed by atoms with E-state index in [0.717, 1.165) is 62.5 Å². The number of hydrogen-bond donors (Lipinski definition) is 2. The number of thiazole rings is 1. The van der Waals surface area contributed by atoms with Crippen LogP contribution < -0.4 is 10.6 Å². The maximum absolute atomic E-state index is 12.9. The summed E-state index contributed by atoms with van der Waals surface area (Å²) in [6.07, 6.45) is 2.74. The monoisotopic (exact) mass is 575 g/mol. The Hall–Kier alpha value is -2.57. The molecule has 3 amide bonds. The Morgan fingerprint density at radius 1 is 1.11 bits per heavy atom. The molecule has 2 fully saturated rings. The standard InChI is InChI=1S/C26H30ClN5O4S2/c1-31-10-12-32(13-11-31)9-2-14-38(35,36)19-6-8-22-23(16-19)37-26(28-22)30-25(34)29-24(33)20-15-18(17-3-4-17)5-7-21(20)27/h5-8,15-17H,2-4,9-14H2,1H3,(H2,28,29,30,33,34). The molecule has 0 spiro atoms. The molecule has 1 aliphatic heterocycles. The highest BCUT2D eigenvalue weighted by Gasteiger charge is 2.25. The number of nitrogens with zero attached hydrogens (tertiary/aromatic N) is 3. The number of amides is 3. The minimum atomic E-state index is -3.45. The third-order valence-corrected chi connectivity index (χ3v) is 10.00. The molecule has 0 radical (unpaired) electrons. The number of aromatic nitrogens is 1. The van der Waals surface area contributed by atoms with Crippen LogP contribution in [0.25, 0.3) is 10.2 Å². The quantitative estimate of drug-likeness (QED) is 0.414. The number of carbonyl (C=O) groups is 2. The largest absolute Gasteiger partial charge is 0.327 e. The van der Waals surface area contributed by atoms with Crippen LogP contribution in [0.5, 0.6) is 0 Å². The van der Waals surface area contributed by atoms with Gasteiger partial charge in [-0.3, -0.25) is 15.4 Å². The number of hydrogen-bond acceptors (Lipinski definition) is 8. The third-order valence-electron chi connectivity index (χ3n) is 6.93. The van der Waals surface area contributed by atoms with E-state index in [9.17, 15) is 18.0 Å². The van der Waals surface area contributed by atoms with Crippen molar-refractivity contribution in [3.63, 3.8) is 0 Å². The second kappa shape index (κ2) is 11.3. The van der Waals surface area contributed by atoms with Crippen molar-refractivity contribution in [1.82, 2.24) is 20.1 Å². The lowest BCUT2D eigenvalue weighted by molar-refractivity contribution is 0.0967. The van der Waals surface area contributed by atoms with Gasteiger partial charge >= 0.3 is 6.03 Å². The van der Waals surface area contributed by atoms with E-state index >= 15 is 0 Å². The molecule has 3 aromatic rings. The fourth-order valence-corrected chi connectivity index (χ4v) is 7.00. The Morgan fingerprint density at radius 2 is 1.87 bits per heavy atom. The minimum absolute atomic E-state index is 0.0732. The first-order valence-electron chi connectivity index (χ1n) is 12.6. The van der Waals surface area contributed by atoms with Gasteiger partial charge in [0, 0.05) is 26.2 Å². The van der Waals surface area contributed by atoms with Crippen molar-refractivity contribution in [2.75, 3.05) is 50.8 Å². The van der Waals surface area contributed by atoms with Crippen molar-refractivity contribution in [2.24, 2.45) is 0 Å². The van der Waals surface area contributed by atoms with Gasteiger partial charge in [-0.05, 0) is 74.7 Å². The first-order valence-corrected chi connectivity index (χ1v) is 15.5. The predicted molar refractivity (Wildman–Crippen MR) is 150 cm³/mol. The number of likely N-dealkylation sites (N-methyl/N-ethyl adjacent to an activating group) is 1. The molecule has 12 heteroatoms. The molecule has 5 rings (SSSR count). The van der Waals surface area contributed by atoms with Crippen molar-refractivity contribution in [3.8, 4) is 0 Å². The van der Waals surface area contributed by atoms with Crippen LogP contribution in [-0.2, 0) is 9.84 Å².